The van der Waals surface area contributed by atoms with Crippen molar-refractivity contribution >= 4 is 196 Å². The first kappa shape index (κ1) is 56.8. The van der Waals surface area contributed by atoms with Gasteiger partial charge >= 0.3 is 0 Å². The first-order valence-corrected chi connectivity index (χ1v) is 36.8. The van der Waals surface area contributed by atoms with Gasteiger partial charge in [0.2, 0.25) is 5.95 Å². The standard InChI is InChI=1S/C98H52N8O2/c1-3-22-63-54(18-1)42-46-79-83(63)85-91-71(51-72-66-25-6-12-31-76(66)104(79)92(72)85)65-24-5-11-30-75(65)103(91)62-44-40-56(41-45-62)97-99-87(95-89(100-97)69-28-9-15-34-81(69)107-95)59-21-17-20-57(48-59)58-38-36-53-37-39-60(50-61(53)49-58)88-96-90(70-29-10-16-35-82(70)108-96)102-98(101-88)106-78-33-14-8-27-68(78)74-52-73-67-26-7-13-32-77(67)105-80-47-43-55-19-2-4-23-64(55)84(80)86(93(73)105)94(74)106/h1-52H. The van der Waals surface area contributed by atoms with Crippen molar-refractivity contribution in [3.8, 4) is 56.7 Å². The van der Waals surface area contributed by atoms with Gasteiger partial charge in [-0.05, 0) is 159 Å². The van der Waals surface area contributed by atoms with Gasteiger partial charge in [0.25, 0.3) is 0 Å². The molecule has 0 aliphatic carbocycles. The minimum Gasteiger partial charge on any atom is -0.452 e. The summed E-state index contributed by atoms with van der Waals surface area (Å²) in [6.45, 7) is 0. The van der Waals surface area contributed by atoms with Gasteiger partial charge in [0.1, 0.15) is 33.6 Å². The van der Waals surface area contributed by atoms with Crippen LogP contribution in [0.25, 0.3) is 253 Å². The summed E-state index contributed by atoms with van der Waals surface area (Å²) in [5.74, 6) is 1.17. The molecule has 0 saturated heterocycles. The van der Waals surface area contributed by atoms with E-state index in [9.17, 15) is 0 Å². The number of hydrogen-bond donors (Lipinski definition) is 0. The van der Waals surface area contributed by atoms with Crippen molar-refractivity contribution in [2.75, 3.05) is 0 Å². The number of rotatable bonds is 6. The molecule has 0 aliphatic heterocycles. The molecule has 0 amide bonds. The van der Waals surface area contributed by atoms with Crippen LogP contribution in [0.2, 0.25) is 0 Å². The monoisotopic (exact) mass is 1370 g/mol. The Morgan fingerprint density at radius 3 is 1.26 bits per heavy atom. The number of nitrogens with zero attached hydrogens (tertiary/aromatic N) is 8. The molecule has 26 aromatic rings. The van der Waals surface area contributed by atoms with Crippen LogP contribution in [0.15, 0.2) is 324 Å². The van der Waals surface area contributed by atoms with E-state index in [4.69, 9.17) is 28.8 Å². The van der Waals surface area contributed by atoms with Crippen LogP contribution in [-0.2, 0) is 0 Å². The highest BCUT2D eigenvalue weighted by atomic mass is 16.3. The molecule has 10 heterocycles. The fraction of sp³-hybridized carbons (Fsp3) is 0. The van der Waals surface area contributed by atoms with Crippen molar-refractivity contribution in [3.05, 3.63) is 315 Å². The maximum absolute atomic E-state index is 6.91. The third-order valence-corrected chi connectivity index (χ3v) is 23.6. The van der Waals surface area contributed by atoms with Crippen molar-refractivity contribution in [1.29, 1.82) is 0 Å². The van der Waals surface area contributed by atoms with Crippen LogP contribution in [0.1, 0.15) is 0 Å². The van der Waals surface area contributed by atoms with Gasteiger partial charge in [-0.1, -0.05) is 200 Å². The maximum Gasteiger partial charge on any atom is 0.236 e. The van der Waals surface area contributed by atoms with Crippen LogP contribution in [0.5, 0.6) is 0 Å². The Morgan fingerprint density at radius 1 is 0.231 bits per heavy atom. The second-order valence-corrected chi connectivity index (χ2v) is 29.1. The Kier molecular flexibility index (Phi) is 10.8. The lowest BCUT2D eigenvalue weighted by Gasteiger charge is -2.12. The Labute approximate surface area is 611 Å². The Morgan fingerprint density at radius 2 is 0.657 bits per heavy atom. The van der Waals surface area contributed by atoms with Gasteiger partial charge in [-0.2, -0.15) is 0 Å². The van der Waals surface area contributed by atoms with E-state index in [2.05, 4.69) is 303 Å². The highest BCUT2D eigenvalue weighted by Crippen LogP contribution is 2.52. The normalized spacial score (nSPS) is 12.6. The van der Waals surface area contributed by atoms with E-state index in [1.165, 1.54) is 114 Å². The van der Waals surface area contributed by atoms with Crippen molar-refractivity contribution < 1.29 is 8.83 Å². The molecule has 0 spiro atoms. The molecule has 0 atom stereocenters. The molecular formula is C98H52N8O2. The van der Waals surface area contributed by atoms with Gasteiger partial charge in [-0.25, -0.2) is 19.9 Å². The summed E-state index contributed by atoms with van der Waals surface area (Å²) in [4.78, 5) is 22.3. The van der Waals surface area contributed by atoms with E-state index in [-0.39, 0.29) is 0 Å². The zero-order chi connectivity index (χ0) is 69.9. The summed E-state index contributed by atoms with van der Waals surface area (Å²) < 4.78 is 23.5. The smallest absolute Gasteiger partial charge is 0.236 e. The van der Waals surface area contributed by atoms with E-state index in [0.29, 0.717) is 34.3 Å². The molecule has 0 radical (unpaired) electrons. The molecule has 10 aromatic heterocycles. The number of fused-ring (bicyclic) bond motifs is 31. The summed E-state index contributed by atoms with van der Waals surface area (Å²) >= 11 is 0. The predicted molar refractivity (Wildman–Crippen MR) is 444 cm³/mol. The fourth-order valence-corrected chi connectivity index (χ4v) is 19.0. The average molecular weight is 1370 g/mol. The highest BCUT2D eigenvalue weighted by molar-refractivity contribution is 6.39. The molecular weight excluding hydrogens is 1320 g/mol. The van der Waals surface area contributed by atoms with Crippen LogP contribution < -0.4 is 0 Å². The highest BCUT2D eigenvalue weighted by Gasteiger charge is 2.30. The SMILES string of the molecule is c1cc(-c2ccc3ccc(-c4nc(-n5c6ccccc6c6cc7c8ccccc8n8c9ccc%10ccccc%10c9c(c65)c78)nc5c4oc4ccccc45)cc3c2)cc(-c2nc(-c3ccc(-n4c5ccccc5c5cc6c7ccccc7n7c8ccc9ccccc9c8c(c54)c67)cc3)nc3c2oc2ccccc23)c1. The molecule has 26 rings (SSSR count). The number of para-hydroxylation sites is 6. The summed E-state index contributed by atoms with van der Waals surface area (Å²) in [5.41, 5.74) is 23.2. The molecule has 0 fully saturated rings. The van der Waals surface area contributed by atoms with Crippen molar-refractivity contribution in [1.82, 2.24) is 37.9 Å². The molecule has 10 heteroatoms. The Balaban J connectivity index is 0.624. The van der Waals surface area contributed by atoms with Gasteiger partial charge in [0.15, 0.2) is 17.0 Å². The molecule has 10 nitrogen and oxygen atoms in total. The third kappa shape index (κ3) is 7.39. The van der Waals surface area contributed by atoms with Gasteiger partial charge in [0.05, 0.1) is 55.2 Å². The second kappa shape index (κ2) is 20.6. The quantitative estimate of drug-likeness (QED) is 0.165. The minimum atomic E-state index is 0.566. The van der Waals surface area contributed by atoms with Gasteiger partial charge < -0.3 is 22.2 Å². The van der Waals surface area contributed by atoms with Crippen LogP contribution in [0.3, 0.4) is 0 Å². The van der Waals surface area contributed by atoms with E-state index < -0.39 is 0 Å². The zero-order valence-corrected chi connectivity index (χ0v) is 57.4. The first-order chi connectivity index (χ1) is 53.6. The number of benzene rings is 16. The largest absolute Gasteiger partial charge is 0.452 e. The average Bonchev–Trinajstić information content (AvgIpc) is 1.51. The summed E-state index contributed by atoms with van der Waals surface area (Å²) in [6, 6.07) is 114. The van der Waals surface area contributed by atoms with Crippen LogP contribution in [-0.4, -0.2) is 37.9 Å². The van der Waals surface area contributed by atoms with Crippen molar-refractivity contribution in [2.24, 2.45) is 0 Å². The predicted octanol–water partition coefficient (Wildman–Crippen LogP) is 25.7. The fourth-order valence-electron chi connectivity index (χ4n) is 19.0. The van der Waals surface area contributed by atoms with Crippen molar-refractivity contribution in [2.45, 2.75) is 0 Å². The van der Waals surface area contributed by atoms with Gasteiger partial charge in [0, 0.05) is 97.8 Å². The second-order valence-electron chi connectivity index (χ2n) is 29.1. The zero-order valence-electron chi connectivity index (χ0n) is 57.4. The molecule has 0 N–H and O–H groups in total. The molecule has 496 valence electrons. The molecule has 0 bridgehead atoms. The van der Waals surface area contributed by atoms with E-state index in [0.717, 1.165) is 105 Å². The number of furan rings is 2. The topological polar surface area (TPSA) is 96.5 Å². The Hall–Kier alpha value is -14.7. The summed E-state index contributed by atoms with van der Waals surface area (Å²) in [5, 5.41) is 23.4. The number of aromatic nitrogens is 8. The van der Waals surface area contributed by atoms with Crippen LogP contribution in [0.4, 0.5) is 0 Å². The van der Waals surface area contributed by atoms with Gasteiger partial charge in [-0.15, -0.1) is 0 Å². The molecule has 0 saturated carbocycles. The lowest BCUT2D eigenvalue weighted by atomic mass is 9.97. The molecule has 0 unspecified atom stereocenters. The van der Waals surface area contributed by atoms with Crippen LogP contribution >= 0.6 is 0 Å². The van der Waals surface area contributed by atoms with E-state index >= 15 is 0 Å². The third-order valence-electron chi connectivity index (χ3n) is 23.6. The first-order valence-electron chi connectivity index (χ1n) is 36.8. The van der Waals surface area contributed by atoms with E-state index in [1.54, 1.807) is 0 Å². The molecule has 16 aromatic carbocycles. The minimum absolute atomic E-state index is 0.566. The summed E-state index contributed by atoms with van der Waals surface area (Å²) in [7, 11) is 0. The van der Waals surface area contributed by atoms with E-state index in [1.807, 2.05) is 30.3 Å². The Bertz CT molecular complexity index is 8520. The lowest BCUT2D eigenvalue weighted by Crippen LogP contribution is -2.03. The lowest BCUT2D eigenvalue weighted by molar-refractivity contribution is 0.666. The molecule has 0 aliphatic rings. The van der Waals surface area contributed by atoms with Crippen molar-refractivity contribution in [3.63, 3.8) is 0 Å². The molecule has 108 heavy (non-hydrogen) atoms. The summed E-state index contributed by atoms with van der Waals surface area (Å²) in [6.07, 6.45) is 0. The maximum atomic E-state index is 6.91. The van der Waals surface area contributed by atoms with Gasteiger partial charge in [-0.3, -0.25) is 4.57 Å². The number of hydrogen-bond acceptors (Lipinski definition) is 6. The van der Waals surface area contributed by atoms with Crippen LogP contribution in [0, 0.1) is 0 Å².